The van der Waals surface area contributed by atoms with E-state index < -0.39 is 0 Å². The van der Waals surface area contributed by atoms with Crippen molar-refractivity contribution in [3.63, 3.8) is 0 Å². The van der Waals surface area contributed by atoms with Gasteiger partial charge < -0.3 is 25.0 Å². The molecule has 0 radical (unpaired) electrons. The Bertz CT molecular complexity index is 857. The van der Waals surface area contributed by atoms with Crippen LogP contribution in [0.4, 0.5) is 5.69 Å². The second-order valence-corrected chi connectivity index (χ2v) is 7.67. The van der Waals surface area contributed by atoms with Gasteiger partial charge in [0, 0.05) is 44.8 Å². The summed E-state index contributed by atoms with van der Waals surface area (Å²) in [6.45, 7) is 6.25. The Balaban J connectivity index is 0.00000256. The minimum Gasteiger partial charge on any atom is -0.490 e. The van der Waals surface area contributed by atoms with Gasteiger partial charge in [-0.05, 0) is 43.2 Å². The van der Waals surface area contributed by atoms with Crippen LogP contribution < -0.4 is 25.0 Å². The number of halogens is 1. The molecule has 30 heavy (non-hydrogen) atoms. The summed E-state index contributed by atoms with van der Waals surface area (Å²) >= 11 is 0. The molecule has 2 aliphatic rings. The molecule has 2 aromatic carbocycles. The molecule has 1 saturated heterocycles. The Hall–Kier alpha value is -2.16. The summed E-state index contributed by atoms with van der Waals surface area (Å²) in [5.41, 5.74) is 3.72. The molecular weight excluding hydrogens is 491 g/mol. The van der Waals surface area contributed by atoms with Gasteiger partial charge in [-0.1, -0.05) is 23.8 Å². The Kier molecular flexibility index (Phi) is 8.07. The molecule has 0 amide bonds. The number of aliphatic imine (C=N–C) groups is 1. The van der Waals surface area contributed by atoms with E-state index in [-0.39, 0.29) is 24.0 Å². The van der Waals surface area contributed by atoms with Gasteiger partial charge in [0.25, 0.3) is 0 Å². The van der Waals surface area contributed by atoms with E-state index in [1.54, 1.807) is 0 Å². The number of guanidine groups is 1. The fourth-order valence-electron chi connectivity index (χ4n) is 3.76. The lowest BCUT2D eigenvalue weighted by atomic mass is 10.2. The second-order valence-electron chi connectivity index (χ2n) is 7.67. The average molecular weight is 522 g/mol. The summed E-state index contributed by atoms with van der Waals surface area (Å²) in [6, 6.07) is 15.2. The van der Waals surface area contributed by atoms with Crippen molar-refractivity contribution in [1.29, 1.82) is 0 Å². The van der Waals surface area contributed by atoms with E-state index in [0.29, 0.717) is 25.8 Å². The van der Waals surface area contributed by atoms with Gasteiger partial charge in [0.05, 0.1) is 13.2 Å². The number of hydrogen-bond acceptors (Lipinski definition) is 4. The van der Waals surface area contributed by atoms with E-state index in [4.69, 9.17) is 9.47 Å². The van der Waals surface area contributed by atoms with E-state index in [9.17, 15) is 0 Å². The number of rotatable bonds is 4. The number of benzene rings is 2. The summed E-state index contributed by atoms with van der Waals surface area (Å²) in [4.78, 5) is 6.82. The first-order valence-electron chi connectivity index (χ1n) is 10.4. The van der Waals surface area contributed by atoms with Crippen LogP contribution in [0, 0.1) is 6.92 Å². The van der Waals surface area contributed by atoms with Crippen molar-refractivity contribution in [1.82, 2.24) is 10.6 Å². The molecular formula is C23H31IN4O2. The third-order valence-electron chi connectivity index (χ3n) is 5.42. The van der Waals surface area contributed by atoms with Crippen LogP contribution in [0.15, 0.2) is 47.5 Å². The third kappa shape index (κ3) is 5.71. The highest BCUT2D eigenvalue weighted by Crippen LogP contribution is 2.30. The molecule has 0 aromatic heterocycles. The fourth-order valence-corrected chi connectivity index (χ4v) is 3.76. The number of aryl methyl sites for hydroxylation is 1. The molecule has 1 unspecified atom stereocenters. The molecule has 2 aliphatic heterocycles. The predicted molar refractivity (Wildman–Crippen MR) is 133 cm³/mol. The van der Waals surface area contributed by atoms with Gasteiger partial charge in [-0.25, -0.2) is 0 Å². The predicted octanol–water partition coefficient (Wildman–Crippen LogP) is 3.72. The molecule has 162 valence electrons. The molecule has 0 bridgehead atoms. The van der Waals surface area contributed by atoms with Gasteiger partial charge in [0.15, 0.2) is 17.5 Å². The lowest BCUT2D eigenvalue weighted by Gasteiger charge is -2.20. The number of anilines is 1. The standard InChI is InChI=1S/C23H30N4O2.HI/c1-17-4-7-20(8-5-17)27-11-10-19(16-27)26-23(24-2)25-15-18-6-9-21-22(14-18)29-13-3-12-28-21;/h4-9,14,19H,3,10-13,15-16H2,1-2H3,(H2,24,25,26);1H. The average Bonchev–Trinajstić information content (AvgIpc) is 3.08. The summed E-state index contributed by atoms with van der Waals surface area (Å²) in [6.07, 6.45) is 2.01. The number of hydrogen-bond donors (Lipinski definition) is 2. The first kappa shape index (κ1) is 22.5. The fraction of sp³-hybridized carbons (Fsp3) is 0.435. The molecule has 2 aromatic rings. The first-order chi connectivity index (χ1) is 14.2. The van der Waals surface area contributed by atoms with Crippen molar-refractivity contribution in [2.75, 3.05) is 38.3 Å². The molecule has 0 spiro atoms. The summed E-state index contributed by atoms with van der Waals surface area (Å²) in [5.74, 6) is 2.48. The van der Waals surface area contributed by atoms with Crippen molar-refractivity contribution in [2.45, 2.75) is 32.4 Å². The molecule has 2 N–H and O–H groups in total. The zero-order chi connectivity index (χ0) is 20.1. The molecule has 0 aliphatic carbocycles. The molecule has 7 heteroatoms. The van der Waals surface area contributed by atoms with Crippen LogP contribution in [-0.4, -0.2) is 45.4 Å². The van der Waals surface area contributed by atoms with Crippen molar-refractivity contribution >= 4 is 35.6 Å². The molecule has 0 saturated carbocycles. The summed E-state index contributed by atoms with van der Waals surface area (Å²) in [5, 5.41) is 6.98. The molecule has 1 atom stereocenters. The van der Waals surface area contributed by atoms with E-state index in [2.05, 4.69) is 63.8 Å². The Labute approximate surface area is 196 Å². The van der Waals surface area contributed by atoms with Gasteiger partial charge in [-0.3, -0.25) is 4.99 Å². The van der Waals surface area contributed by atoms with Crippen LogP contribution in [0.5, 0.6) is 11.5 Å². The van der Waals surface area contributed by atoms with E-state index in [0.717, 1.165) is 49.0 Å². The monoisotopic (exact) mass is 522 g/mol. The molecule has 6 nitrogen and oxygen atoms in total. The minimum absolute atomic E-state index is 0. The quantitative estimate of drug-likeness (QED) is 0.364. The lowest BCUT2D eigenvalue weighted by Crippen LogP contribution is -2.44. The van der Waals surface area contributed by atoms with E-state index in [1.807, 2.05) is 13.1 Å². The van der Waals surface area contributed by atoms with Crippen molar-refractivity contribution in [3.8, 4) is 11.5 Å². The van der Waals surface area contributed by atoms with Crippen LogP contribution in [0.2, 0.25) is 0 Å². The Morgan fingerprint density at radius 2 is 1.87 bits per heavy atom. The van der Waals surface area contributed by atoms with Crippen molar-refractivity contribution in [3.05, 3.63) is 53.6 Å². The SMILES string of the molecule is CN=C(NCc1ccc2c(c1)OCCCO2)NC1CCN(c2ccc(C)cc2)C1.I. The molecule has 4 rings (SSSR count). The molecule has 1 fully saturated rings. The first-order valence-corrected chi connectivity index (χ1v) is 10.4. The van der Waals surface area contributed by atoms with Crippen LogP contribution in [-0.2, 0) is 6.54 Å². The van der Waals surface area contributed by atoms with Crippen LogP contribution in [0.1, 0.15) is 24.0 Å². The minimum atomic E-state index is 0. The highest BCUT2D eigenvalue weighted by Gasteiger charge is 2.23. The van der Waals surface area contributed by atoms with E-state index >= 15 is 0 Å². The van der Waals surface area contributed by atoms with Gasteiger partial charge in [-0.2, -0.15) is 0 Å². The Morgan fingerprint density at radius 1 is 1.10 bits per heavy atom. The number of nitrogens with one attached hydrogen (secondary N) is 2. The maximum atomic E-state index is 5.79. The lowest BCUT2D eigenvalue weighted by molar-refractivity contribution is 0.297. The van der Waals surface area contributed by atoms with Crippen molar-refractivity contribution in [2.24, 2.45) is 4.99 Å². The van der Waals surface area contributed by atoms with Gasteiger partial charge >= 0.3 is 0 Å². The van der Waals surface area contributed by atoms with Crippen LogP contribution in [0.3, 0.4) is 0 Å². The number of ether oxygens (including phenoxy) is 2. The molecule has 2 heterocycles. The maximum Gasteiger partial charge on any atom is 0.191 e. The van der Waals surface area contributed by atoms with Crippen LogP contribution >= 0.6 is 24.0 Å². The smallest absolute Gasteiger partial charge is 0.191 e. The van der Waals surface area contributed by atoms with Gasteiger partial charge in [-0.15, -0.1) is 24.0 Å². The highest BCUT2D eigenvalue weighted by molar-refractivity contribution is 14.0. The van der Waals surface area contributed by atoms with Gasteiger partial charge in [0.1, 0.15) is 0 Å². The second kappa shape index (κ2) is 10.7. The number of nitrogens with zero attached hydrogens (tertiary/aromatic N) is 2. The number of fused-ring (bicyclic) bond motifs is 1. The van der Waals surface area contributed by atoms with E-state index in [1.165, 1.54) is 11.3 Å². The summed E-state index contributed by atoms with van der Waals surface area (Å²) < 4.78 is 11.5. The topological polar surface area (TPSA) is 58.1 Å². The van der Waals surface area contributed by atoms with Gasteiger partial charge in [0.2, 0.25) is 0 Å². The maximum absolute atomic E-state index is 5.79. The Morgan fingerprint density at radius 3 is 2.63 bits per heavy atom. The zero-order valence-electron chi connectivity index (χ0n) is 17.7. The normalized spacial score (nSPS) is 18.4. The van der Waals surface area contributed by atoms with Crippen molar-refractivity contribution < 1.29 is 9.47 Å². The highest BCUT2D eigenvalue weighted by atomic mass is 127. The largest absolute Gasteiger partial charge is 0.490 e. The third-order valence-corrected chi connectivity index (χ3v) is 5.42. The zero-order valence-corrected chi connectivity index (χ0v) is 20.0. The van der Waals surface area contributed by atoms with Crippen LogP contribution in [0.25, 0.3) is 0 Å². The summed E-state index contributed by atoms with van der Waals surface area (Å²) in [7, 11) is 1.82.